The fourth-order valence-corrected chi connectivity index (χ4v) is 3.07. The number of fused-ring (bicyclic) bond motifs is 1. The number of nitrogens with zero attached hydrogens (tertiary/aromatic N) is 3. The molecule has 1 fully saturated rings. The van der Waals surface area contributed by atoms with Crippen LogP contribution in [0.3, 0.4) is 0 Å². The second-order valence-corrected chi connectivity index (χ2v) is 5.60. The number of amides is 1. The summed E-state index contributed by atoms with van der Waals surface area (Å²) in [6.45, 7) is 1.47. The van der Waals surface area contributed by atoms with Gasteiger partial charge in [0.2, 0.25) is 5.91 Å². The minimum absolute atomic E-state index is 0.00535. The van der Waals surface area contributed by atoms with Crippen LogP contribution in [0, 0.1) is 0 Å². The number of benzene rings is 1. The summed E-state index contributed by atoms with van der Waals surface area (Å²) in [5.74, 6) is 0.131. The van der Waals surface area contributed by atoms with Crippen LogP contribution in [-0.2, 0) is 11.3 Å². The average Bonchev–Trinajstić information content (AvgIpc) is 2.96. The molecule has 21 heavy (non-hydrogen) atoms. The van der Waals surface area contributed by atoms with Crippen molar-refractivity contribution in [3.8, 4) is 0 Å². The molecule has 1 aliphatic heterocycles. The molecular formula is C16H21N3O2. The summed E-state index contributed by atoms with van der Waals surface area (Å²) in [6.07, 6.45) is 5.29. The Bertz CT molecular complexity index is 623. The summed E-state index contributed by atoms with van der Waals surface area (Å²) >= 11 is 0. The maximum absolute atomic E-state index is 12.4. The van der Waals surface area contributed by atoms with Gasteiger partial charge in [0, 0.05) is 19.5 Å². The van der Waals surface area contributed by atoms with Crippen molar-refractivity contribution < 1.29 is 9.90 Å². The van der Waals surface area contributed by atoms with Gasteiger partial charge in [-0.2, -0.15) is 0 Å². The molecule has 2 aromatic rings. The quantitative estimate of drug-likeness (QED) is 0.933. The van der Waals surface area contributed by atoms with Crippen LogP contribution in [0.5, 0.6) is 0 Å². The molecular weight excluding hydrogens is 266 g/mol. The number of hydrogen-bond donors (Lipinski definition) is 1. The number of aliphatic hydroxyl groups is 1. The second-order valence-electron chi connectivity index (χ2n) is 5.60. The molecule has 1 N–H and O–H groups in total. The number of piperidine rings is 1. The highest BCUT2D eigenvalue weighted by Gasteiger charge is 2.25. The maximum Gasteiger partial charge on any atom is 0.224 e. The molecule has 1 unspecified atom stereocenters. The van der Waals surface area contributed by atoms with Crippen LogP contribution in [0.25, 0.3) is 11.0 Å². The van der Waals surface area contributed by atoms with Crippen molar-refractivity contribution in [2.75, 3.05) is 13.2 Å². The van der Waals surface area contributed by atoms with Gasteiger partial charge < -0.3 is 14.6 Å². The fraction of sp³-hybridized carbons (Fsp3) is 0.500. The number of hydrogen-bond acceptors (Lipinski definition) is 3. The van der Waals surface area contributed by atoms with Gasteiger partial charge in [-0.25, -0.2) is 4.98 Å². The molecule has 5 heteroatoms. The van der Waals surface area contributed by atoms with Gasteiger partial charge >= 0.3 is 0 Å². The highest BCUT2D eigenvalue weighted by molar-refractivity contribution is 5.78. The van der Waals surface area contributed by atoms with Gasteiger partial charge in [0.1, 0.15) is 0 Å². The highest BCUT2D eigenvalue weighted by atomic mass is 16.3. The van der Waals surface area contributed by atoms with Crippen LogP contribution >= 0.6 is 0 Å². The summed E-state index contributed by atoms with van der Waals surface area (Å²) in [7, 11) is 0. The van der Waals surface area contributed by atoms with Crippen molar-refractivity contribution in [3.05, 3.63) is 30.6 Å². The zero-order chi connectivity index (χ0) is 14.7. The first-order valence-electron chi connectivity index (χ1n) is 7.60. The van der Waals surface area contributed by atoms with E-state index in [2.05, 4.69) is 4.98 Å². The van der Waals surface area contributed by atoms with Gasteiger partial charge in [0.15, 0.2) is 0 Å². The minimum atomic E-state index is 0.00535. The van der Waals surface area contributed by atoms with E-state index >= 15 is 0 Å². The Hall–Kier alpha value is -1.88. The number of aromatic nitrogens is 2. The first kappa shape index (κ1) is 14.1. The van der Waals surface area contributed by atoms with Crippen LogP contribution in [-0.4, -0.2) is 44.7 Å². The van der Waals surface area contributed by atoms with Crippen LogP contribution in [0.4, 0.5) is 0 Å². The lowest BCUT2D eigenvalue weighted by molar-refractivity contribution is -0.136. The Labute approximate surface area is 124 Å². The largest absolute Gasteiger partial charge is 0.394 e. The molecule has 0 saturated carbocycles. The number of imidazole rings is 1. The minimum Gasteiger partial charge on any atom is -0.394 e. The number of rotatable bonds is 4. The van der Waals surface area contributed by atoms with Crippen molar-refractivity contribution >= 4 is 16.9 Å². The first-order valence-corrected chi connectivity index (χ1v) is 7.60. The van der Waals surface area contributed by atoms with Gasteiger partial charge in [-0.3, -0.25) is 4.79 Å². The smallest absolute Gasteiger partial charge is 0.224 e. The Kier molecular flexibility index (Phi) is 4.20. The summed E-state index contributed by atoms with van der Waals surface area (Å²) in [4.78, 5) is 18.6. The van der Waals surface area contributed by atoms with E-state index < -0.39 is 0 Å². The van der Waals surface area contributed by atoms with Crippen LogP contribution in [0.15, 0.2) is 30.6 Å². The van der Waals surface area contributed by atoms with E-state index in [-0.39, 0.29) is 18.6 Å². The summed E-state index contributed by atoms with van der Waals surface area (Å²) in [5, 5.41) is 9.39. The molecule has 3 rings (SSSR count). The molecule has 2 heterocycles. The standard InChI is InChI=1S/C16H21N3O2/c20-11-13-5-3-4-9-19(13)16(21)8-10-18-12-17-14-6-1-2-7-15(14)18/h1-2,6-7,12-13,20H,3-5,8-11H2. The topological polar surface area (TPSA) is 58.4 Å². The van der Waals surface area contributed by atoms with E-state index in [1.165, 1.54) is 0 Å². The molecule has 1 atom stereocenters. The number of aliphatic hydroxyl groups excluding tert-OH is 1. The van der Waals surface area contributed by atoms with Crippen molar-refractivity contribution in [1.82, 2.24) is 14.5 Å². The molecule has 1 amide bonds. The Balaban J connectivity index is 1.65. The molecule has 1 saturated heterocycles. The molecule has 112 valence electrons. The van der Waals surface area contributed by atoms with Crippen molar-refractivity contribution in [3.63, 3.8) is 0 Å². The Morgan fingerprint density at radius 2 is 2.19 bits per heavy atom. The number of carbonyl (C=O) groups is 1. The van der Waals surface area contributed by atoms with E-state index in [4.69, 9.17) is 0 Å². The van der Waals surface area contributed by atoms with Gasteiger partial charge in [0.25, 0.3) is 0 Å². The second kappa shape index (κ2) is 6.26. The third-order valence-corrected chi connectivity index (χ3v) is 4.25. The van der Waals surface area contributed by atoms with E-state index in [1.54, 1.807) is 6.33 Å². The molecule has 1 aromatic heterocycles. The van der Waals surface area contributed by atoms with E-state index in [0.29, 0.717) is 13.0 Å². The zero-order valence-corrected chi connectivity index (χ0v) is 12.1. The van der Waals surface area contributed by atoms with Gasteiger partial charge in [-0.05, 0) is 31.4 Å². The molecule has 5 nitrogen and oxygen atoms in total. The van der Waals surface area contributed by atoms with Crippen LogP contribution in [0.1, 0.15) is 25.7 Å². The lowest BCUT2D eigenvalue weighted by Crippen LogP contribution is -2.45. The number of likely N-dealkylation sites (tertiary alicyclic amines) is 1. The number of aryl methyl sites for hydroxylation is 1. The molecule has 0 radical (unpaired) electrons. The van der Waals surface area contributed by atoms with Gasteiger partial charge in [-0.1, -0.05) is 12.1 Å². The van der Waals surface area contributed by atoms with Crippen LogP contribution < -0.4 is 0 Å². The van der Waals surface area contributed by atoms with E-state index in [1.807, 2.05) is 33.7 Å². The monoisotopic (exact) mass is 287 g/mol. The van der Waals surface area contributed by atoms with Crippen molar-refractivity contribution in [1.29, 1.82) is 0 Å². The normalized spacial score (nSPS) is 19.1. The summed E-state index contributed by atoms with van der Waals surface area (Å²) in [5.41, 5.74) is 2.01. The van der Waals surface area contributed by atoms with E-state index in [0.717, 1.165) is 36.8 Å². The lowest BCUT2D eigenvalue weighted by atomic mass is 10.0. The third-order valence-electron chi connectivity index (χ3n) is 4.25. The van der Waals surface area contributed by atoms with Gasteiger partial charge in [-0.15, -0.1) is 0 Å². The molecule has 1 aromatic carbocycles. The lowest BCUT2D eigenvalue weighted by Gasteiger charge is -2.34. The van der Waals surface area contributed by atoms with E-state index in [9.17, 15) is 9.90 Å². The van der Waals surface area contributed by atoms with Gasteiger partial charge in [0.05, 0.1) is 30.0 Å². The fourth-order valence-electron chi connectivity index (χ4n) is 3.07. The van der Waals surface area contributed by atoms with Crippen molar-refractivity contribution in [2.45, 2.75) is 38.3 Å². The molecule has 0 spiro atoms. The third kappa shape index (κ3) is 2.93. The number of carbonyl (C=O) groups excluding carboxylic acids is 1. The molecule has 0 bridgehead atoms. The highest BCUT2D eigenvalue weighted by Crippen LogP contribution is 2.18. The zero-order valence-electron chi connectivity index (χ0n) is 12.1. The Morgan fingerprint density at radius 1 is 1.33 bits per heavy atom. The molecule has 1 aliphatic rings. The maximum atomic E-state index is 12.4. The first-order chi connectivity index (χ1) is 10.3. The predicted octanol–water partition coefficient (Wildman–Crippen LogP) is 1.80. The Morgan fingerprint density at radius 3 is 3.05 bits per heavy atom. The van der Waals surface area contributed by atoms with Crippen molar-refractivity contribution in [2.24, 2.45) is 0 Å². The summed E-state index contributed by atoms with van der Waals surface area (Å²) < 4.78 is 2.02. The molecule has 0 aliphatic carbocycles. The summed E-state index contributed by atoms with van der Waals surface area (Å²) in [6, 6.07) is 7.94. The van der Waals surface area contributed by atoms with Crippen LogP contribution in [0.2, 0.25) is 0 Å². The number of para-hydroxylation sites is 2. The predicted molar refractivity (Wildman–Crippen MR) is 80.8 cm³/mol. The average molecular weight is 287 g/mol. The SMILES string of the molecule is O=C(CCn1cnc2ccccc21)N1CCCCC1CO.